The standard InChI is InChI=1S/C21H31N3O3S.K/c1-14(2)19-9-10-24(19)11-12-28(26,27)23-21(25)22-20-17-7-3-5-15(17)13-16-6-4-8-18(16)20;/h13-14,19H,3-12H2,1-2H3,(H2,22,23,25);/q;+1/p-1. The zero-order valence-corrected chi connectivity index (χ0v) is 21.8. The summed E-state index contributed by atoms with van der Waals surface area (Å²) >= 11 is 0. The Kier molecular flexibility index (Phi) is 7.90. The van der Waals surface area contributed by atoms with E-state index in [1.165, 1.54) is 22.3 Å². The van der Waals surface area contributed by atoms with Crippen molar-refractivity contribution in [2.24, 2.45) is 5.92 Å². The smallest absolute Gasteiger partial charge is 0.423 e. The van der Waals surface area contributed by atoms with E-state index in [9.17, 15) is 13.2 Å². The fourth-order valence-corrected chi connectivity index (χ4v) is 5.85. The van der Waals surface area contributed by atoms with E-state index in [1.807, 2.05) is 0 Å². The molecule has 3 aliphatic rings. The van der Waals surface area contributed by atoms with Gasteiger partial charge in [-0.2, -0.15) is 0 Å². The van der Waals surface area contributed by atoms with Gasteiger partial charge in [0.1, 0.15) is 0 Å². The molecule has 1 heterocycles. The predicted molar refractivity (Wildman–Crippen MR) is 111 cm³/mol. The molecule has 2 amide bonds. The average Bonchev–Trinajstić information content (AvgIpc) is 3.21. The van der Waals surface area contributed by atoms with Gasteiger partial charge < -0.3 is 10.0 Å². The zero-order chi connectivity index (χ0) is 19.9. The number of carbonyl (C=O) groups is 1. The van der Waals surface area contributed by atoms with Gasteiger partial charge in [-0.3, -0.25) is 9.69 Å². The molecule has 1 aromatic rings. The number of hydrogen-bond donors (Lipinski definition) is 1. The monoisotopic (exact) mass is 443 g/mol. The second kappa shape index (κ2) is 9.67. The number of amides is 2. The van der Waals surface area contributed by atoms with Crippen molar-refractivity contribution in [3.63, 3.8) is 0 Å². The van der Waals surface area contributed by atoms with Gasteiger partial charge in [0.05, 0.1) is 5.75 Å². The van der Waals surface area contributed by atoms with Crippen LogP contribution in [0.3, 0.4) is 0 Å². The molecule has 1 saturated heterocycles. The van der Waals surface area contributed by atoms with Gasteiger partial charge >= 0.3 is 51.4 Å². The van der Waals surface area contributed by atoms with Crippen LogP contribution in [0.1, 0.15) is 55.4 Å². The number of nitrogens with zero attached hydrogens (tertiary/aromatic N) is 2. The van der Waals surface area contributed by atoms with E-state index >= 15 is 0 Å². The number of anilines is 1. The van der Waals surface area contributed by atoms with Crippen LogP contribution in [0.25, 0.3) is 4.72 Å². The maximum atomic E-state index is 12.5. The van der Waals surface area contributed by atoms with E-state index in [-0.39, 0.29) is 57.1 Å². The molecule has 29 heavy (non-hydrogen) atoms. The Hall–Kier alpha value is 0.0364. The first kappa shape index (κ1) is 23.7. The van der Waals surface area contributed by atoms with Gasteiger partial charge in [0.2, 0.25) is 0 Å². The van der Waals surface area contributed by atoms with Gasteiger partial charge in [-0.25, -0.2) is 8.42 Å². The van der Waals surface area contributed by atoms with Crippen LogP contribution in [0.4, 0.5) is 10.5 Å². The van der Waals surface area contributed by atoms with Gasteiger partial charge in [0.25, 0.3) is 0 Å². The Morgan fingerprint density at radius 1 is 1.17 bits per heavy atom. The average molecular weight is 444 g/mol. The Labute approximate surface area is 217 Å². The second-order valence-electron chi connectivity index (χ2n) is 8.68. The van der Waals surface area contributed by atoms with E-state index in [0.29, 0.717) is 18.5 Å². The molecule has 1 N–H and O–H groups in total. The molecule has 1 unspecified atom stereocenters. The number of urea groups is 1. The molecule has 0 spiro atoms. The van der Waals surface area contributed by atoms with E-state index < -0.39 is 16.1 Å². The molecule has 1 aliphatic heterocycles. The third-order valence-corrected chi connectivity index (χ3v) is 7.66. The van der Waals surface area contributed by atoms with Crippen LogP contribution in [-0.4, -0.2) is 44.2 Å². The third-order valence-electron chi connectivity index (χ3n) is 6.51. The van der Waals surface area contributed by atoms with E-state index in [1.54, 1.807) is 0 Å². The first-order valence-electron chi connectivity index (χ1n) is 10.5. The first-order chi connectivity index (χ1) is 13.3. The van der Waals surface area contributed by atoms with Gasteiger partial charge in [-0.1, -0.05) is 19.9 Å². The molecule has 1 aromatic carbocycles. The number of likely N-dealkylation sites (tertiary alicyclic amines) is 1. The minimum Gasteiger partial charge on any atom is -0.423 e. The first-order valence-corrected chi connectivity index (χ1v) is 12.1. The quantitative estimate of drug-likeness (QED) is 0.654. The number of hydrogen-bond acceptors (Lipinski definition) is 4. The number of fused-ring (bicyclic) bond motifs is 2. The van der Waals surface area contributed by atoms with E-state index in [4.69, 9.17) is 0 Å². The summed E-state index contributed by atoms with van der Waals surface area (Å²) in [6, 6.07) is 1.98. The Balaban J connectivity index is 0.00000240. The van der Waals surface area contributed by atoms with Crippen molar-refractivity contribution in [3.8, 4) is 0 Å². The summed E-state index contributed by atoms with van der Waals surface area (Å²) in [5.41, 5.74) is 5.81. The molecule has 1 atom stereocenters. The Morgan fingerprint density at radius 2 is 1.79 bits per heavy atom. The molecule has 6 nitrogen and oxygen atoms in total. The van der Waals surface area contributed by atoms with Gasteiger partial charge in [0.15, 0.2) is 16.1 Å². The number of aryl methyl sites for hydroxylation is 2. The van der Waals surface area contributed by atoms with Crippen molar-refractivity contribution in [1.82, 2.24) is 4.90 Å². The molecule has 0 radical (unpaired) electrons. The summed E-state index contributed by atoms with van der Waals surface area (Å²) in [6.07, 6.45) is 7.24. The topological polar surface area (TPSA) is 80.6 Å². The van der Waals surface area contributed by atoms with Crippen molar-refractivity contribution in [2.75, 3.05) is 24.2 Å². The maximum Gasteiger partial charge on any atom is 1.00 e. The summed E-state index contributed by atoms with van der Waals surface area (Å²) in [4.78, 5) is 14.6. The van der Waals surface area contributed by atoms with Crippen LogP contribution < -0.4 is 56.7 Å². The van der Waals surface area contributed by atoms with Crippen LogP contribution in [0.5, 0.6) is 0 Å². The minimum absolute atomic E-state index is 0. The van der Waals surface area contributed by atoms with Crippen molar-refractivity contribution < 1.29 is 64.6 Å². The van der Waals surface area contributed by atoms with Crippen LogP contribution in [0, 0.1) is 5.92 Å². The summed E-state index contributed by atoms with van der Waals surface area (Å²) < 4.78 is 28.3. The van der Waals surface area contributed by atoms with E-state index in [2.05, 4.69) is 34.9 Å². The molecule has 0 saturated carbocycles. The molecule has 1 fully saturated rings. The minimum atomic E-state index is -3.78. The molecule has 2 aliphatic carbocycles. The molecular weight excluding hydrogens is 413 g/mol. The zero-order valence-electron chi connectivity index (χ0n) is 17.8. The SMILES string of the molecule is CC(C)C1CCN1CCS(=O)(=O)[N-]C(=O)Nc1c2c(cc3c1CCC3)CCC2.[K+]. The second-order valence-corrected chi connectivity index (χ2v) is 10.4. The molecule has 0 aromatic heterocycles. The number of rotatable bonds is 6. The van der Waals surface area contributed by atoms with Gasteiger partial charge in [0, 0.05) is 12.6 Å². The number of carbonyl (C=O) groups excluding carboxylic acids is 1. The van der Waals surface area contributed by atoms with Crippen molar-refractivity contribution in [3.05, 3.63) is 33.0 Å². The number of benzene rings is 1. The molecule has 154 valence electrons. The Bertz CT molecular complexity index is 853. The Morgan fingerprint density at radius 3 is 2.31 bits per heavy atom. The van der Waals surface area contributed by atoms with Crippen LogP contribution >= 0.6 is 0 Å². The fourth-order valence-electron chi connectivity index (χ4n) is 4.99. The summed E-state index contributed by atoms with van der Waals surface area (Å²) in [5.74, 6) is 0.410. The van der Waals surface area contributed by atoms with Crippen molar-refractivity contribution in [2.45, 2.75) is 64.8 Å². The predicted octanol–water partition coefficient (Wildman–Crippen LogP) is 0.634. The fraction of sp³-hybridized carbons (Fsp3) is 0.667. The number of nitrogens with one attached hydrogen (secondary N) is 1. The van der Waals surface area contributed by atoms with Crippen LogP contribution in [0.2, 0.25) is 0 Å². The normalized spacial score (nSPS) is 20.6. The molecular formula is C21H30KN3O3S. The van der Waals surface area contributed by atoms with Crippen molar-refractivity contribution in [1.29, 1.82) is 0 Å². The molecule has 0 bridgehead atoms. The summed E-state index contributed by atoms with van der Waals surface area (Å²) in [5, 5.41) is 2.84. The van der Waals surface area contributed by atoms with Crippen molar-refractivity contribution >= 4 is 21.7 Å². The molecule has 8 heteroatoms. The maximum absolute atomic E-state index is 12.5. The van der Waals surface area contributed by atoms with Crippen LogP contribution in [0.15, 0.2) is 6.07 Å². The van der Waals surface area contributed by atoms with Gasteiger partial charge in [-0.05, 0) is 85.3 Å². The van der Waals surface area contributed by atoms with Crippen LogP contribution in [-0.2, 0) is 35.7 Å². The summed E-state index contributed by atoms with van der Waals surface area (Å²) in [7, 11) is -3.78. The van der Waals surface area contributed by atoms with Gasteiger partial charge in [-0.15, -0.1) is 0 Å². The van der Waals surface area contributed by atoms with E-state index in [0.717, 1.165) is 57.2 Å². The summed E-state index contributed by atoms with van der Waals surface area (Å²) in [6.45, 7) is 5.67. The molecule has 4 rings (SSSR count). The number of sulfonamides is 1. The third kappa shape index (κ3) is 5.27. The largest absolute Gasteiger partial charge is 1.00 e.